The highest BCUT2D eigenvalue weighted by Gasteiger charge is 2.39. The first-order chi connectivity index (χ1) is 16.9. The molecule has 2 aliphatic heterocycles. The number of aromatic amines is 1. The Morgan fingerprint density at radius 3 is 2.63 bits per heavy atom. The van der Waals surface area contributed by atoms with Crippen LogP contribution in [0.3, 0.4) is 0 Å². The number of ether oxygens (including phenoxy) is 1. The standard InChI is InChI=1S/C27H34N4O4/c1-16-11-21-22(12-17(16)2)31(25-24(28-21)26(33)30-27(34)29-25)10-6-4-3-5-7-23(32)35-15-20-14-18-8-9-19(20)13-18/h11-12,18-20H,3-10,13-15H2,1-2H3,(H,30,33,34). The van der Waals surface area contributed by atoms with E-state index in [1.165, 1.54) is 25.7 Å². The third-order valence-corrected chi connectivity index (χ3v) is 8.08. The van der Waals surface area contributed by atoms with Crippen LogP contribution < -0.4 is 11.2 Å². The lowest BCUT2D eigenvalue weighted by molar-refractivity contribution is -0.145. The molecule has 35 heavy (non-hydrogen) atoms. The Kier molecular flexibility index (Phi) is 6.71. The normalized spacial score (nSPS) is 21.3. The summed E-state index contributed by atoms with van der Waals surface area (Å²) in [7, 11) is 0. The first kappa shape index (κ1) is 23.7. The average Bonchev–Trinajstić information content (AvgIpc) is 3.44. The number of benzene rings is 1. The smallest absolute Gasteiger partial charge is 0.349 e. The predicted octanol–water partition coefficient (Wildman–Crippen LogP) is 4.13. The summed E-state index contributed by atoms with van der Waals surface area (Å²) >= 11 is 0. The minimum atomic E-state index is -0.662. The molecule has 0 amide bonds. The maximum absolute atomic E-state index is 12.4. The fourth-order valence-corrected chi connectivity index (χ4v) is 6.02. The van der Waals surface area contributed by atoms with Gasteiger partial charge >= 0.3 is 11.7 Å². The van der Waals surface area contributed by atoms with Crippen LogP contribution >= 0.6 is 0 Å². The molecule has 186 valence electrons. The monoisotopic (exact) mass is 478 g/mol. The molecule has 8 heteroatoms. The molecule has 0 radical (unpaired) electrons. The predicted molar refractivity (Wildman–Crippen MR) is 133 cm³/mol. The number of hydrogen-bond donors (Lipinski definition) is 1. The maximum Gasteiger partial charge on any atom is 0.349 e. The van der Waals surface area contributed by atoms with Crippen LogP contribution in [0.25, 0.3) is 22.6 Å². The summed E-state index contributed by atoms with van der Waals surface area (Å²) in [5.41, 5.74) is 2.78. The van der Waals surface area contributed by atoms with Crippen LogP contribution in [0.1, 0.15) is 68.9 Å². The summed E-state index contributed by atoms with van der Waals surface area (Å²) in [4.78, 5) is 47.3. The van der Waals surface area contributed by atoms with E-state index in [0.717, 1.165) is 54.2 Å². The molecule has 1 N–H and O–H groups in total. The van der Waals surface area contributed by atoms with Gasteiger partial charge in [-0.2, -0.15) is 4.98 Å². The minimum absolute atomic E-state index is 0.0782. The molecule has 0 saturated heterocycles. The maximum atomic E-state index is 12.4. The van der Waals surface area contributed by atoms with Gasteiger partial charge in [0.15, 0.2) is 11.5 Å². The van der Waals surface area contributed by atoms with Crippen molar-refractivity contribution in [2.75, 3.05) is 6.61 Å². The number of esters is 1. The van der Waals surface area contributed by atoms with E-state index in [2.05, 4.69) is 15.0 Å². The largest absolute Gasteiger partial charge is 0.465 e. The number of nitrogens with one attached hydrogen (secondary N) is 1. The lowest BCUT2D eigenvalue weighted by Gasteiger charge is -2.21. The quantitative estimate of drug-likeness (QED) is 0.281. The lowest BCUT2D eigenvalue weighted by atomic mass is 9.89. The van der Waals surface area contributed by atoms with Crippen LogP contribution in [0.5, 0.6) is 0 Å². The molecule has 0 spiro atoms. The molecule has 5 rings (SSSR count). The fourth-order valence-electron chi connectivity index (χ4n) is 6.02. The number of hydrogen-bond acceptors (Lipinski definition) is 6. The second kappa shape index (κ2) is 9.91. The summed E-state index contributed by atoms with van der Waals surface area (Å²) in [5, 5.41) is 0. The zero-order valence-corrected chi connectivity index (χ0v) is 20.6. The van der Waals surface area contributed by atoms with Gasteiger partial charge in [-0.15, -0.1) is 0 Å². The molecule has 4 aliphatic rings. The summed E-state index contributed by atoms with van der Waals surface area (Å²) < 4.78 is 7.51. The van der Waals surface area contributed by atoms with Crippen molar-refractivity contribution in [1.82, 2.24) is 19.5 Å². The van der Waals surface area contributed by atoms with Crippen LogP contribution in [0, 0.1) is 31.6 Å². The molecule has 2 fully saturated rings. The molecule has 8 nitrogen and oxygen atoms in total. The van der Waals surface area contributed by atoms with E-state index in [4.69, 9.17) is 4.74 Å². The van der Waals surface area contributed by atoms with Gasteiger partial charge in [-0.05, 0) is 87.0 Å². The van der Waals surface area contributed by atoms with Crippen molar-refractivity contribution < 1.29 is 9.53 Å². The van der Waals surface area contributed by atoms with Crippen LogP contribution in [0.15, 0.2) is 21.7 Å². The third kappa shape index (κ3) is 5.02. The van der Waals surface area contributed by atoms with Crippen molar-refractivity contribution >= 4 is 17.0 Å². The van der Waals surface area contributed by atoms with Gasteiger partial charge in [-0.1, -0.05) is 19.3 Å². The molecular formula is C27H34N4O4. The topological polar surface area (TPSA) is 107 Å². The Bertz CT molecular complexity index is 1330. The molecule has 3 atom stereocenters. The highest BCUT2D eigenvalue weighted by atomic mass is 16.5. The molecule has 3 unspecified atom stereocenters. The van der Waals surface area contributed by atoms with Gasteiger partial charge in [-0.25, -0.2) is 9.78 Å². The van der Waals surface area contributed by atoms with Gasteiger partial charge in [0.05, 0.1) is 17.6 Å². The minimum Gasteiger partial charge on any atom is -0.465 e. The number of H-pyrrole nitrogens is 1. The fraction of sp³-hybridized carbons (Fsp3) is 0.593. The molecule has 2 aliphatic carbocycles. The van der Waals surface area contributed by atoms with Gasteiger partial charge in [0.2, 0.25) is 0 Å². The number of fused-ring (bicyclic) bond motifs is 4. The summed E-state index contributed by atoms with van der Waals surface area (Å²) in [5.74, 6) is 2.48. The van der Waals surface area contributed by atoms with Crippen LogP contribution in [-0.4, -0.2) is 32.1 Å². The molecule has 2 bridgehead atoms. The Labute approximate surface area is 204 Å². The first-order valence-electron chi connectivity index (χ1n) is 13.0. The summed E-state index contributed by atoms with van der Waals surface area (Å²) in [6.45, 7) is 5.26. The molecule has 2 heterocycles. The van der Waals surface area contributed by atoms with Gasteiger partial charge in [0, 0.05) is 13.0 Å². The van der Waals surface area contributed by atoms with Crippen molar-refractivity contribution in [2.24, 2.45) is 17.8 Å². The SMILES string of the molecule is Cc1cc2nc3c(=O)[nH]c(=O)nc-3n(CCCCCCC(=O)OCC3CC4CCC3C4)c2cc1C. The highest BCUT2D eigenvalue weighted by molar-refractivity contribution is 5.81. The van der Waals surface area contributed by atoms with E-state index in [0.29, 0.717) is 36.8 Å². The molecular weight excluding hydrogens is 444 g/mol. The van der Waals surface area contributed by atoms with E-state index in [-0.39, 0.29) is 11.7 Å². The number of carbonyl (C=O) groups excluding carboxylic acids is 1. The van der Waals surface area contributed by atoms with E-state index >= 15 is 0 Å². The number of rotatable bonds is 9. The Morgan fingerprint density at radius 2 is 1.86 bits per heavy atom. The number of aryl methyl sites for hydroxylation is 3. The molecule has 1 aromatic rings. The molecule has 2 saturated carbocycles. The lowest BCUT2D eigenvalue weighted by Crippen LogP contribution is -2.29. The number of nitrogens with zero attached hydrogens (tertiary/aromatic N) is 3. The highest BCUT2D eigenvalue weighted by Crippen LogP contribution is 2.48. The Morgan fingerprint density at radius 1 is 1.06 bits per heavy atom. The van der Waals surface area contributed by atoms with E-state index in [9.17, 15) is 14.4 Å². The van der Waals surface area contributed by atoms with Crippen molar-refractivity contribution in [3.8, 4) is 11.5 Å². The van der Waals surface area contributed by atoms with Crippen LogP contribution in [-0.2, 0) is 16.1 Å². The molecule has 0 aromatic heterocycles. The Hall–Kier alpha value is -3.03. The second-order valence-electron chi connectivity index (χ2n) is 10.5. The Balaban J connectivity index is 1.16. The first-order valence-corrected chi connectivity index (χ1v) is 13.0. The van der Waals surface area contributed by atoms with Gasteiger partial charge < -0.3 is 9.30 Å². The van der Waals surface area contributed by atoms with Gasteiger partial charge in [0.1, 0.15) is 0 Å². The van der Waals surface area contributed by atoms with Crippen molar-refractivity contribution in [1.29, 1.82) is 0 Å². The number of aromatic nitrogens is 4. The van der Waals surface area contributed by atoms with Gasteiger partial charge in [-0.3, -0.25) is 14.6 Å². The average molecular weight is 479 g/mol. The molecule has 1 aromatic carbocycles. The zero-order chi connectivity index (χ0) is 24.5. The zero-order valence-electron chi connectivity index (χ0n) is 20.6. The van der Waals surface area contributed by atoms with Crippen LogP contribution in [0.2, 0.25) is 0 Å². The van der Waals surface area contributed by atoms with E-state index in [1.54, 1.807) is 0 Å². The van der Waals surface area contributed by atoms with Crippen molar-refractivity contribution in [3.63, 3.8) is 0 Å². The van der Waals surface area contributed by atoms with Gasteiger partial charge in [0.25, 0.3) is 5.56 Å². The second-order valence-corrected chi connectivity index (χ2v) is 10.5. The summed E-state index contributed by atoms with van der Waals surface area (Å²) in [6, 6.07) is 4.00. The number of unbranched alkanes of at least 4 members (excludes halogenated alkanes) is 3. The third-order valence-electron chi connectivity index (χ3n) is 8.08. The van der Waals surface area contributed by atoms with Crippen LogP contribution in [0.4, 0.5) is 0 Å². The summed E-state index contributed by atoms with van der Waals surface area (Å²) in [6.07, 6.45) is 9.20. The van der Waals surface area contributed by atoms with Crippen molar-refractivity contribution in [2.45, 2.75) is 78.2 Å². The number of carbonyl (C=O) groups is 1. The van der Waals surface area contributed by atoms with E-state index < -0.39 is 11.2 Å². The van der Waals surface area contributed by atoms with E-state index in [1.807, 2.05) is 30.5 Å². The van der Waals surface area contributed by atoms with Crippen molar-refractivity contribution in [3.05, 3.63) is 44.1 Å².